The van der Waals surface area contributed by atoms with Crippen LogP contribution in [0.2, 0.25) is 0 Å². The Hall–Kier alpha value is -0.940. The van der Waals surface area contributed by atoms with Gasteiger partial charge >= 0.3 is 0 Å². The van der Waals surface area contributed by atoms with Gasteiger partial charge in [-0.1, -0.05) is 0 Å². The highest BCUT2D eigenvalue weighted by Gasteiger charge is 2.23. The zero-order valence-electron chi connectivity index (χ0n) is 8.82. The van der Waals surface area contributed by atoms with Gasteiger partial charge in [-0.15, -0.1) is 0 Å². The van der Waals surface area contributed by atoms with Gasteiger partial charge in [-0.25, -0.2) is 12.8 Å². The van der Waals surface area contributed by atoms with E-state index in [0.29, 0.717) is 0 Å². The maximum Gasteiger partial charge on any atom is 0.179 e. The molecule has 3 nitrogen and oxygen atoms in total. The minimum Gasteiger partial charge on any atom is -0.313 e. The van der Waals surface area contributed by atoms with Gasteiger partial charge in [-0.3, -0.25) is 0 Å². The maximum atomic E-state index is 12.7. The van der Waals surface area contributed by atoms with Gasteiger partial charge in [0.25, 0.3) is 0 Å². The average molecular weight is 243 g/mol. The van der Waals surface area contributed by atoms with Crippen molar-refractivity contribution in [3.8, 4) is 0 Å². The van der Waals surface area contributed by atoms with Gasteiger partial charge in [-0.2, -0.15) is 0 Å². The molecule has 0 spiro atoms. The molecule has 1 atom stereocenters. The van der Waals surface area contributed by atoms with Crippen molar-refractivity contribution in [3.05, 3.63) is 30.1 Å². The molecule has 0 bridgehead atoms. The van der Waals surface area contributed by atoms with Crippen LogP contribution in [0.15, 0.2) is 29.2 Å². The van der Waals surface area contributed by atoms with Crippen molar-refractivity contribution < 1.29 is 12.8 Å². The fraction of sp³-hybridized carbons (Fsp3) is 0.455. The summed E-state index contributed by atoms with van der Waals surface area (Å²) in [6, 6.07) is 5.03. The van der Waals surface area contributed by atoms with Crippen molar-refractivity contribution in [2.24, 2.45) is 0 Å². The third-order valence-corrected chi connectivity index (χ3v) is 4.59. The van der Waals surface area contributed by atoms with Crippen LogP contribution < -0.4 is 5.32 Å². The molecule has 1 aliphatic heterocycles. The van der Waals surface area contributed by atoms with E-state index in [1.165, 1.54) is 24.3 Å². The Morgan fingerprint density at radius 2 is 2.00 bits per heavy atom. The van der Waals surface area contributed by atoms with Crippen LogP contribution in [0.1, 0.15) is 12.8 Å². The van der Waals surface area contributed by atoms with E-state index in [-0.39, 0.29) is 16.7 Å². The number of hydrogen-bond acceptors (Lipinski definition) is 3. The van der Waals surface area contributed by atoms with Crippen molar-refractivity contribution in [1.82, 2.24) is 5.32 Å². The molecule has 1 heterocycles. The van der Waals surface area contributed by atoms with Crippen LogP contribution in [-0.4, -0.2) is 26.8 Å². The summed E-state index contributed by atoms with van der Waals surface area (Å²) in [7, 11) is -3.29. The van der Waals surface area contributed by atoms with Crippen LogP contribution in [0, 0.1) is 5.82 Å². The predicted octanol–water partition coefficient (Wildman–Crippen LogP) is 1.35. The van der Waals surface area contributed by atoms with Crippen LogP contribution in [0.5, 0.6) is 0 Å². The first-order valence-corrected chi connectivity index (χ1v) is 6.95. The number of sulfone groups is 1. The Morgan fingerprint density at radius 1 is 1.31 bits per heavy atom. The highest BCUT2D eigenvalue weighted by Crippen LogP contribution is 2.16. The smallest absolute Gasteiger partial charge is 0.179 e. The zero-order valence-corrected chi connectivity index (χ0v) is 9.63. The monoisotopic (exact) mass is 243 g/mol. The Morgan fingerprint density at radius 3 is 2.56 bits per heavy atom. The van der Waals surface area contributed by atoms with Crippen LogP contribution in [0.25, 0.3) is 0 Å². The Kier molecular flexibility index (Phi) is 3.25. The third kappa shape index (κ3) is 2.59. The van der Waals surface area contributed by atoms with E-state index in [2.05, 4.69) is 5.32 Å². The van der Waals surface area contributed by atoms with Gasteiger partial charge in [-0.05, 0) is 43.7 Å². The first-order chi connectivity index (χ1) is 7.58. The molecular formula is C11H14FNO2S. The minimum absolute atomic E-state index is 0.0371. The lowest BCUT2D eigenvalue weighted by molar-refractivity contribution is 0.576. The molecule has 16 heavy (non-hydrogen) atoms. The maximum absolute atomic E-state index is 12.7. The summed E-state index contributed by atoms with van der Waals surface area (Å²) < 4.78 is 36.5. The summed E-state index contributed by atoms with van der Waals surface area (Å²) in [6.45, 7) is 0.879. The molecule has 1 aromatic rings. The molecule has 0 amide bonds. The van der Waals surface area contributed by atoms with Crippen LogP contribution >= 0.6 is 0 Å². The van der Waals surface area contributed by atoms with Crippen LogP contribution in [0.4, 0.5) is 4.39 Å². The molecule has 0 aromatic heterocycles. The molecule has 1 N–H and O–H groups in total. The number of nitrogens with one attached hydrogen (secondary N) is 1. The topological polar surface area (TPSA) is 46.2 Å². The zero-order chi connectivity index (χ0) is 11.6. The molecule has 1 aromatic carbocycles. The van der Waals surface area contributed by atoms with Crippen molar-refractivity contribution in [1.29, 1.82) is 0 Å². The van der Waals surface area contributed by atoms with E-state index in [0.717, 1.165) is 19.4 Å². The summed E-state index contributed by atoms with van der Waals surface area (Å²) in [5.41, 5.74) is 0. The molecule has 0 radical (unpaired) electrons. The van der Waals surface area contributed by atoms with E-state index < -0.39 is 15.7 Å². The summed E-state index contributed by atoms with van der Waals surface area (Å²) in [5, 5.41) is 3.14. The summed E-state index contributed by atoms with van der Waals surface area (Å²) >= 11 is 0. The van der Waals surface area contributed by atoms with Crippen LogP contribution in [0.3, 0.4) is 0 Å². The van der Waals surface area contributed by atoms with Gasteiger partial charge in [0, 0.05) is 6.04 Å². The molecule has 2 rings (SSSR count). The lowest BCUT2D eigenvalue weighted by Gasteiger charge is -2.10. The molecule has 0 saturated carbocycles. The van der Waals surface area contributed by atoms with Crippen LogP contribution in [-0.2, 0) is 9.84 Å². The second-order valence-corrected chi connectivity index (χ2v) is 6.06. The summed E-state index contributed by atoms with van der Waals surface area (Å²) in [6.07, 6.45) is 1.91. The number of halogens is 1. The first-order valence-electron chi connectivity index (χ1n) is 5.30. The molecule has 0 aliphatic carbocycles. The van der Waals surface area contributed by atoms with E-state index in [9.17, 15) is 12.8 Å². The van der Waals surface area contributed by atoms with Gasteiger partial charge in [0.1, 0.15) is 5.82 Å². The normalized spacial score (nSPS) is 21.2. The van der Waals surface area contributed by atoms with Crippen molar-refractivity contribution in [2.75, 3.05) is 12.3 Å². The SMILES string of the molecule is O=S(=O)(C[C@@H]1CCCN1)c1ccc(F)cc1. The lowest BCUT2D eigenvalue weighted by atomic mass is 10.3. The Balaban J connectivity index is 2.14. The standard InChI is InChI=1S/C11H14FNO2S/c12-9-3-5-11(6-4-9)16(14,15)8-10-2-1-7-13-10/h3-6,10,13H,1-2,7-8H2/t10-/m0/s1. The average Bonchev–Trinajstić information content (AvgIpc) is 2.70. The molecule has 1 fully saturated rings. The first kappa shape index (κ1) is 11.5. The van der Waals surface area contributed by atoms with Gasteiger partial charge in [0.05, 0.1) is 10.6 Å². The molecule has 0 unspecified atom stereocenters. The number of hydrogen-bond donors (Lipinski definition) is 1. The van der Waals surface area contributed by atoms with E-state index in [1.54, 1.807) is 0 Å². The fourth-order valence-electron chi connectivity index (χ4n) is 1.90. The summed E-state index contributed by atoms with van der Waals surface area (Å²) in [4.78, 5) is 0.197. The summed E-state index contributed by atoms with van der Waals surface area (Å²) in [5.74, 6) is -0.323. The minimum atomic E-state index is -3.29. The highest BCUT2D eigenvalue weighted by atomic mass is 32.2. The Bertz CT molecular complexity index is 449. The largest absolute Gasteiger partial charge is 0.313 e. The molecule has 1 aliphatic rings. The number of rotatable bonds is 3. The molecule has 5 heteroatoms. The van der Waals surface area contributed by atoms with E-state index >= 15 is 0 Å². The molecule has 1 saturated heterocycles. The molecule has 88 valence electrons. The fourth-order valence-corrected chi connectivity index (χ4v) is 3.46. The quantitative estimate of drug-likeness (QED) is 0.815. The van der Waals surface area contributed by atoms with E-state index in [4.69, 9.17) is 0 Å². The van der Waals surface area contributed by atoms with Crippen molar-refractivity contribution in [2.45, 2.75) is 23.8 Å². The second kappa shape index (κ2) is 4.51. The third-order valence-electron chi connectivity index (χ3n) is 2.76. The van der Waals surface area contributed by atoms with Gasteiger partial charge < -0.3 is 5.32 Å². The van der Waals surface area contributed by atoms with Gasteiger partial charge in [0.2, 0.25) is 0 Å². The van der Waals surface area contributed by atoms with E-state index in [1.807, 2.05) is 0 Å². The number of benzene rings is 1. The molecular weight excluding hydrogens is 229 g/mol. The predicted molar refractivity (Wildman–Crippen MR) is 59.5 cm³/mol. The Labute approximate surface area is 94.6 Å². The highest BCUT2D eigenvalue weighted by molar-refractivity contribution is 7.91. The lowest BCUT2D eigenvalue weighted by Crippen LogP contribution is -2.29. The van der Waals surface area contributed by atoms with Crippen molar-refractivity contribution >= 4 is 9.84 Å². The van der Waals surface area contributed by atoms with Crippen molar-refractivity contribution in [3.63, 3.8) is 0 Å². The second-order valence-electron chi connectivity index (χ2n) is 4.03. The van der Waals surface area contributed by atoms with Gasteiger partial charge in [0.15, 0.2) is 9.84 Å².